The summed E-state index contributed by atoms with van der Waals surface area (Å²) in [5, 5.41) is 1.08. The lowest BCUT2D eigenvalue weighted by atomic mass is 9.81. The van der Waals surface area contributed by atoms with E-state index in [4.69, 9.17) is 9.72 Å². The molecule has 0 spiro atoms. The van der Waals surface area contributed by atoms with Gasteiger partial charge in [-0.1, -0.05) is 74.4 Å². The molecule has 204 valence electrons. The third-order valence-corrected chi connectivity index (χ3v) is 8.67. The van der Waals surface area contributed by atoms with Crippen molar-refractivity contribution in [2.75, 3.05) is 0 Å². The highest BCUT2D eigenvalue weighted by Crippen LogP contribution is 2.53. The molecule has 0 saturated carbocycles. The molecule has 5 heterocycles. The minimum Gasteiger partial charge on any atom is -0.437 e. The normalized spacial score (nSPS) is 16.4. The van der Waals surface area contributed by atoms with E-state index in [-0.39, 0.29) is 5.97 Å². The second-order valence-electron chi connectivity index (χ2n) is 11.0. The van der Waals surface area contributed by atoms with Crippen molar-refractivity contribution in [3.05, 3.63) is 131 Å². The number of esters is 1. The Hall–Kier alpha value is -4.64. The van der Waals surface area contributed by atoms with Crippen LogP contribution in [0, 0.1) is 13.8 Å². The number of pyridine rings is 2. The molecule has 0 N–H and O–H groups in total. The highest BCUT2D eigenvalue weighted by atomic mass is 16.6. The van der Waals surface area contributed by atoms with E-state index in [1.165, 1.54) is 0 Å². The standard InChI is InChI=1S/C36H33N3O2/c1-4-5-12-22-38-25(3)32(27-17-9-10-20-30(27)38)36(33-28(35(40)41-36)18-14-21-37-33)34-31(26-15-7-6-8-16-26)24(2)29-19-11-13-23-39(29)34/h6-11,13-21,23H,4-5,12,22H2,1-3H3. The number of unbranched alkanes of at least 4 members (excludes halogenated alkanes) is 2. The number of carbonyl (C=O) groups is 1. The molecule has 0 radical (unpaired) electrons. The lowest BCUT2D eigenvalue weighted by Gasteiger charge is -2.31. The van der Waals surface area contributed by atoms with E-state index in [0.29, 0.717) is 11.3 Å². The molecule has 0 amide bonds. The first-order chi connectivity index (χ1) is 20.1. The van der Waals surface area contributed by atoms with Crippen LogP contribution in [0.5, 0.6) is 0 Å². The fourth-order valence-electron chi connectivity index (χ4n) is 6.90. The number of cyclic esters (lactones) is 1. The zero-order valence-electron chi connectivity index (χ0n) is 23.7. The number of hydrogen-bond acceptors (Lipinski definition) is 3. The Morgan fingerprint density at radius 3 is 2.44 bits per heavy atom. The molecule has 0 fully saturated rings. The fraction of sp³-hybridized carbons (Fsp3) is 0.222. The Labute approximate surface area is 240 Å². The van der Waals surface area contributed by atoms with Crippen LogP contribution in [0.1, 0.15) is 64.8 Å². The number of para-hydroxylation sites is 1. The molecule has 7 rings (SSSR count). The van der Waals surface area contributed by atoms with Crippen LogP contribution < -0.4 is 0 Å². The largest absolute Gasteiger partial charge is 0.437 e. The molecule has 1 atom stereocenters. The lowest BCUT2D eigenvalue weighted by Crippen LogP contribution is -2.33. The molecule has 5 nitrogen and oxygen atoms in total. The summed E-state index contributed by atoms with van der Waals surface area (Å²) in [6.07, 6.45) is 7.25. The van der Waals surface area contributed by atoms with E-state index < -0.39 is 5.60 Å². The third-order valence-electron chi connectivity index (χ3n) is 8.67. The van der Waals surface area contributed by atoms with Gasteiger partial charge in [-0.25, -0.2) is 4.79 Å². The molecule has 0 aliphatic carbocycles. The number of aromatic nitrogens is 3. The summed E-state index contributed by atoms with van der Waals surface area (Å²) < 4.78 is 11.4. The van der Waals surface area contributed by atoms with Crippen molar-refractivity contribution in [1.29, 1.82) is 0 Å². The van der Waals surface area contributed by atoms with Gasteiger partial charge in [-0.2, -0.15) is 0 Å². The first-order valence-electron chi connectivity index (χ1n) is 14.5. The van der Waals surface area contributed by atoms with Crippen LogP contribution in [-0.4, -0.2) is 19.9 Å². The molecule has 5 heteroatoms. The van der Waals surface area contributed by atoms with Gasteiger partial charge in [0.1, 0.15) is 5.69 Å². The molecule has 2 aromatic carbocycles. The van der Waals surface area contributed by atoms with Crippen molar-refractivity contribution < 1.29 is 9.53 Å². The number of fused-ring (bicyclic) bond motifs is 3. The number of ether oxygens (including phenoxy) is 1. The summed E-state index contributed by atoms with van der Waals surface area (Å²) in [6.45, 7) is 7.46. The number of benzene rings is 2. The molecule has 0 saturated heterocycles. The predicted molar refractivity (Wildman–Crippen MR) is 163 cm³/mol. The summed E-state index contributed by atoms with van der Waals surface area (Å²) in [4.78, 5) is 18.7. The van der Waals surface area contributed by atoms with Gasteiger partial charge in [0.2, 0.25) is 5.60 Å². The number of aryl methyl sites for hydroxylation is 2. The smallest absolute Gasteiger partial charge is 0.341 e. The quantitative estimate of drug-likeness (QED) is 0.152. The van der Waals surface area contributed by atoms with Crippen molar-refractivity contribution in [2.45, 2.75) is 52.2 Å². The second kappa shape index (κ2) is 9.77. The Balaban J connectivity index is 1.67. The van der Waals surface area contributed by atoms with Crippen LogP contribution in [-0.2, 0) is 16.9 Å². The topological polar surface area (TPSA) is 48.5 Å². The van der Waals surface area contributed by atoms with Gasteiger partial charge in [0, 0.05) is 52.2 Å². The molecule has 1 aliphatic rings. The van der Waals surface area contributed by atoms with Crippen molar-refractivity contribution >= 4 is 22.4 Å². The molecular formula is C36H33N3O2. The number of rotatable bonds is 7. The Morgan fingerprint density at radius 2 is 1.61 bits per heavy atom. The lowest BCUT2D eigenvalue weighted by molar-refractivity contribution is 0.0232. The SMILES string of the molecule is CCCCCn1c(C)c(C2(c3c(-c4ccccc4)c(C)c4ccccn34)OC(=O)c3cccnc32)c2ccccc21. The Morgan fingerprint density at radius 1 is 0.854 bits per heavy atom. The molecule has 4 aromatic heterocycles. The van der Waals surface area contributed by atoms with Crippen LogP contribution in [0.25, 0.3) is 27.5 Å². The summed E-state index contributed by atoms with van der Waals surface area (Å²) in [5.74, 6) is -0.349. The van der Waals surface area contributed by atoms with E-state index in [9.17, 15) is 4.79 Å². The van der Waals surface area contributed by atoms with Gasteiger partial charge in [0.15, 0.2) is 0 Å². The van der Waals surface area contributed by atoms with Gasteiger partial charge in [0.05, 0.1) is 11.3 Å². The maximum Gasteiger partial charge on any atom is 0.341 e. The van der Waals surface area contributed by atoms with Crippen molar-refractivity contribution in [1.82, 2.24) is 14.0 Å². The zero-order valence-corrected chi connectivity index (χ0v) is 23.7. The summed E-state index contributed by atoms with van der Waals surface area (Å²) >= 11 is 0. The maximum atomic E-state index is 13.8. The van der Waals surface area contributed by atoms with Gasteiger partial charge < -0.3 is 13.7 Å². The van der Waals surface area contributed by atoms with E-state index in [1.54, 1.807) is 6.20 Å². The average Bonchev–Trinajstić information content (AvgIpc) is 3.59. The average molecular weight is 540 g/mol. The molecular weight excluding hydrogens is 506 g/mol. The maximum absolute atomic E-state index is 13.8. The van der Waals surface area contributed by atoms with Gasteiger partial charge in [-0.15, -0.1) is 0 Å². The van der Waals surface area contributed by atoms with Gasteiger partial charge in [0.25, 0.3) is 0 Å². The van der Waals surface area contributed by atoms with Crippen LogP contribution >= 0.6 is 0 Å². The van der Waals surface area contributed by atoms with Crippen LogP contribution in [0.4, 0.5) is 0 Å². The Bertz CT molecular complexity index is 1930. The predicted octanol–water partition coefficient (Wildman–Crippen LogP) is 8.23. The van der Waals surface area contributed by atoms with E-state index >= 15 is 0 Å². The minimum atomic E-state index is -1.25. The first-order valence-corrected chi connectivity index (χ1v) is 14.5. The van der Waals surface area contributed by atoms with Crippen LogP contribution in [0.2, 0.25) is 0 Å². The molecule has 6 aromatic rings. The highest BCUT2D eigenvalue weighted by Gasteiger charge is 2.55. The zero-order chi connectivity index (χ0) is 28.1. The third kappa shape index (κ3) is 3.61. The van der Waals surface area contributed by atoms with Gasteiger partial charge in [-0.05, 0) is 61.7 Å². The summed E-state index contributed by atoms with van der Waals surface area (Å²) in [6, 6.07) is 28.8. The van der Waals surface area contributed by atoms with E-state index in [1.807, 2.05) is 24.3 Å². The van der Waals surface area contributed by atoms with Crippen LogP contribution in [0.3, 0.4) is 0 Å². The van der Waals surface area contributed by atoms with Crippen LogP contribution in [0.15, 0.2) is 97.3 Å². The van der Waals surface area contributed by atoms with Gasteiger partial charge >= 0.3 is 5.97 Å². The van der Waals surface area contributed by atoms with E-state index in [2.05, 4.69) is 96.6 Å². The molecule has 1 aliphatic heterocycles. The van der Waals surface area contributed by atoms with E-state index in [0.717, 1.165) is 75.9 Å². The Kier molecular flexibility index (Phi) is 6.04. The van der Waals surface area contributed by atoms with Crippen molar-refractivity contribution in [3.63, 3.8) is 0 Å². The molecule has 41 heavy (non-hydrogen) atoms. The fourth-order valence-corrected chi connectivity index (χ4v) is 6.90. The summed E-state index contributed by atoms with van der Waals surface area (Å²) in [5.41, 5.74) is 8.38. The molecule has 0 bridgehead atoms. The van der Waals surface area contributed by atoms with Crippen molar-refractivity contribution in [3.8, 4) is 11.1 Å². The first kappa shape index (κ1) is 25.3. The van der Waals surface area contributed by atoms with Gasteiger partial charge in [-0.3, -0.25) is 4.98 Å². The monoisotopic (exact) mass is 539 g/mol. The highest BCUT2D eigenvalue weighted by molar-refractivity contribution is 5.99. The summed E-state index contributed by atoms with van der Waals surface area (Å²) in [7, 11) is 0. The number of nitrogens with zero attached hydrogens (tertiary/aromatic N) is 3. The number of hydrogen-bond donors (Lipinski definition) is 0. The molecule has 1 unspecified atom stereocenters. The number of carbonyl (C=O) groups excluding carboxylic acids is 1. The second-order valence-corrected chi connectivity index (χ2v) is 11.0. The van der Waals surface area contributed by atoms with Crippen molar-refractivity contribution in [2.24, 2.45) is 0 Å². The minimum absolute atomic E-state index is 0.349.